The lowest BCUT2D eigenvalue weighted by Gasteiger charge is -1.99. The van der Waals surface area contributed by atoms with Crippen LogP contribution in [0, 0.1) is 0 Å². The van der Waals surface area contributed by atoms with Crippen LogP contribution in [0.1, 0.15) is 24.6 Å². The van der Waals surface area contributed by atoms with Gasteiger partial charge in [-0.15, -0.1) is 0 Å². The van der Waals surface area contributed by atoms with Crippen LogP contribution >= 0.6 is 11.6 Å². The number of hydrogen-bond acceptors (Lipinski definition) is 4. The molecule has 1 aliphatic carbocycles. The van der Waals surface area contributed by atoms with Crippen molar-refractivity contribution in [2.45, 2.75) is 18.8 Å². The molecule has 1 aromatic carbocycles. The van der Waals surface area contributed by atoms with Crippen molar-refractivity contribution in [2.75, 3.05) is 5.73 Å². The lowest BCUT2D eigenvalue weighted by molar-refractivity contribution is 0.423. The third-order valence-electron chi connectivity index (χ3n) is 2.63. The van der Waals surface area contributed by atoms with E-state index in [0.29, 0.717) is 22.5 Å². The molecule has 1 fully saturated rings. The van der Waals surface area contributed by atoms with E-state index in [1.54, 1.807) is 18.2 Å². The summed E-state index contributed by atoms with van der Waals surface area (Å²) >= 11 is 5.82. The second kappa shape index (κ2) is 3.49. The molecule has 1 aromatic heterocycles. The van der Waals surface area contributed by atoms with E-state index in [1.807, 2.05) is 0 Å². The highest BCUT2D eigenvalue weighted by Crippen LogP contribution is 2.39. The minimum absolute atomic E-state index is 0.469. The SMILES string of the molecule is Nc1cc(Cl)ccc1-c1nc(C2CC2)no1. The van der Waals surface area contributed by atoms with E-state index in [-0.39, 0.29) is 0 Å². The standard InChI is InChI=1S/C11H10ClN3O/c12-7-3-4-8(9(13)5-7)11-14-10(15-16-11)6-1-2-6/h3-6H,1-2,13H2. The number of anilines is 1. The summed E-state index contributed by atoms with van der Waals surface area (Å²) in [6.45, 7) is 0. The number of rotatable bonds is 2. The number of aromatic nitrogens is 2. The molecule has 2 N–H and O–H groups in total. The van der Waals surface area contributed by atoms with E-state index in [4.69, 9.17) is 21.9 Å². The summed E-state index contributed by atoms with van der Waals surface area (Å²) < 4.78 is 5.19. The molecule has 3 rings (SSSR count). The summed E-state index contributed by atoms with van der Waals surface area (Å²) in [6, 6.07) is 5.23. The van der Waals surface area contributed by atoms with Crippen molar-refractivity contribution in [2.24, 2.45) is 0 Å². The molecule has 82 valence electrons. The predicted octanol–water partition coefficient (Wildman–Crippen LogP) is 2.85. The number of halogens is 1. The van der Waals surface area contributed by atoms with Crippen molar-refractivity contribution in [3.63, 3.8) is 0 Å². The number of hydrogen-bond donors (Lipinski definition) is 1. The van der Waals surface area contributed by atoms with E-state index >= 15 is 0 Å². The lowest BCUT2D eigenvalue weighted by atomic mass is 10.2. The molecule has 5 heteroatoms. The van der Waals surface area contributed by atoms with Gasteiger partial charge < -0.3 is 10.3 Å². The van der Waals surface area contributed by atoms with Gasteiger partial charge in [0.15, 0.2) is 5.82 Å². The minimum atomic E-state index is 0.469. The molecular formula is C11H10ClN3O. The van der Waals surface area contributed by atoms with E-state index < -0.39 is 0 Å². The zero-order chi connectivity index (χ0) is 11.1. The molecule has 1 aliphatic rings. The highest BCUT2D eigenvalue weighted by Gasteiger charge is 2.29. The number of nitrogens with two attached hydrogens (primary N) is 1. The van der Waals surface area contributed by atoms with Gasteiger partial charge in [0, 0.05) is 16.6 Å². The first-order chi connectivity index (χ1) is 7.74. The number of benzene rings is 1. The first-order valence-electron chi connectivity index (χ1n) is 5.13. The van der Waals surface area contributed by atoms with Crippen molar-refractivity contribution >= 4 is 17.3 Å². The van der Waals surface area contributed by atoms with Gasteiger partial charge in [0.2, 0.25) is 0 Å². The molecule has 0 atom stereocenters. The van der Waals surface area contributed by atoms with E-state index in [2.05, 4.69) is 10.1 Å². The van der Waals surface area contributed by atoms with Crippen LogP contribution < -0.4 is 5.73 Å². The van der Waals surface area contributed by atoms with Crippen LogP contribution in [-0.2, 0) is 0 Å². The Bertz CT molecular complexity index is 534. The molecule has 4 nitrogen and oxygen atoms in total. The third-order valence-corrected chi connectivity index (χ3v) is 2.86. The maximum absolute atomic E-state index is 5.84. The smallest absolute Gasteiger partial charge is 0.260 e. The van der Waals surface area contributed by atoms with Gasteiger partial charge in [0.05, 0.1) is 5.56 Å². The Hall–Kier alpha value is -1.55. The highest BCUT2D eigenvalue weighted by molar-refractivity contribution is 6.31. The van der Waals surface area contributed by atoms with E-state index in [1.165, 1.54) is 0 Å². The molecule has 0 saturated heterocycles. The molecule has 0 unspecified atom stereocenters. The quantitative estimate of drug-likeness (QED) is 0.813. The average molecular weight is 236 g/mol. The fraction of sp³-hybridized carbons (Fsp3) is 0.273. The van der Waals surface area contributed by atoms with Crippen LogP contribution in [0.2, 0.25) is 5.02 Å². The summed E-state index contributed by atoms with van der Waals surface area (Å²) in [5.74, 6) is 1.73. The zero-order valence-electron chi connectivity index (χ0n) is 8.48. The first-order valence-corrected chi connectivity index (χ1v) is 5.51. The van der Waals surface area contributed by atoms with Crippen LogP contribution in [-0.4, -0.2) is 10.1 Å². The molecule has 16 heavy (non-hydrogen) atoms. The summed E-state index contributed by atoms with van der Waals surface area (Å²) in [4.78, 5) is 4.33. The topological polar surface area (TPSA) is 64.9 Å². The Labute approximate surface area is 97.4 Å². The maximum atomic E-state index is 5.84. The summed E-state index contributed by atoms with van der Waals surface area (Å²) in [6.07, 6.45) is 2.30. The Morgan fingerprint density at radius 3 is 2.88 bits per heavy atom. The van der Waals surface area contributed by atoms with Gasteiger partial charge in [-0.1, -0.05) is 16.8 Å². The first kappa shape index (κ1) is 9.66. The average Bonchev–Trinajstić information content (AvgIpc) is 2.98. The predicted molar refractivity (Wildman–Crippen MR) is 61.1 cm³/mol. The number of nitrogens with zero attached hydrogens (tertiary/aromatic N) is 2. The fourth-order valence-corrected chi connectivity index (χ4v) is 1.76. The molecule has 0 bridgehead atoms. The summed E-state index contributed by atoms with van der Waals surface area (Å²) in [5, 5.41) is 4.54. The highest BCUT2D eigenvalue weighted by atomic mass is 35.5. The van der Waals surface area contributed by atoms with Crippen molar-refractivity contribution < 1.29 is 4.52 Å². The van der Waals surface area contributed by atoms with E-state index in [0.717, 1.165) is 24.2 Å². The molecular weight excluding hydrogens is 226 g/mol. The monoisotopic (exact) mass is 235 g/mol. The second-order valence-electron chi connectivity index (χ2n) is 3.96. The van der Waals surface area contributed by atoms with Crippen molar-refractivity contribution in [1.82, 2.24) is 10.1 Å². The maximum Gasteiger partial charge on any atom is 0.260 e. The van der Waals surface area contributed by atoms with Gasteiger partial charge in [-0.2, -0.15) is 4.98 Å². The van der Waals surface area contributed by atoms with Crippen LogP contribution in [0.15, 0.2) is 22.7 Å². The Morgan fingerprint density at radius 2 is 2.19 bits per heavy atom. The van der Waals surface area contributed by atoms with Gasteiger partial charge in [0.1, 0.15) is 0 Å². The van der Waals surface area contributed by atoms with Gasteiger partial charge in [-0.25, -0.2) is 0 Å². The van der Waals surface area contributed by atoms with Crippen LogP contribution in [0.4, 0.5) is 5.69 Å². The largest absolute Gasteiger partial charge is 0.398 e. The van der Waals surface area contributed by atoms with Crippen LogP contribution in [0.25, 0.3) is 11.5 Å². The molecule has 0 aliphatic heterocycles. The number of nitrogen functional groups attached to an aromatic ring is 1. The minimum Gasteiger partial charge on any atom is -0.398 e. The van der Waals surface area contributed by atoms with Crippen molar-refractivity contribution in [3.05, 3.63) is 29.0 Å². The fourth-order valence-electron chi connectivity index (χ4n) is 1.58. The second-order valence-corrected chi connectivity index (χ2v) is 4.40. The van der Waals surface area contributed by atoms with E-state index in [9.17, 15) is 0 Å². The normalized spacial score (nSPS) is 15.3. The van der Waals surface area contributed by atoms with Gasteiger partial charge in [-0.05, 0) is 31.0 Å². The molecule has 0 spiro atoms. The summed E-state index contributed by atoms with van der Waals surface area (Å²) in [5.41, 5.74) is 7.14. The van der Waals surface area contributed by atoms with Crippen LogP contribution in [0.3, 0.4) is 0 Å². The molecule has 0 amide bonds. The van der Waals surface area contributed by atoms with Crippen molar-refractivity contribution in [1.29, 1.82) is 0 Å². The van der Waals surface area contributed by atoms with Gasteiger partial charge in [-0.3, -0.25) is 0 Å². The zero-order valence-corrected chi connectivity index (χ0v) is 9.24. The third kappa shape index (κ3) is 1.65. The Kier molecular flexibility index (Phi) is 2.11. The molecule has 0 radical (unpaired) electrons. The summed E-state index contributed by atoms with van der Waals surface area (Å²) in [7, 11) is 0. The van der Waals surface area contributed by atoms with Gasteiger partial charge >= 0.3 is 0 Å². The Morgan fingerprint density at radius 1 is 1.38 bits per heavy atom. The molecule has 1 saturated carbocycles. The molecule has 2 aromatic rings. The van der Waals surface area contributed by atoms with Crippen molar-refractivity contribution in [3.8, 4) is 11.5 Å². The van der Waals surface area contributed by atoms with Crippen LogP contribution in [0.5, 0.6) is 0 Å². The lowest BCUT2D eigenvalue weighted by Crippen LogP contribution is -1.90. The Balaban J connectivity index is 2.00. The van der Waals surface area contributed by atoms with Gasteiger partial charge in [0.25, 0.3) is 5.89 Å². The molecule has 1 heterocycles.